The van der Waals surface area contributed by atoms with Crippen LogP contribution in [0.25, 0.3) is 10.2 Å². The molecule has 0 saturated heterocycles. The number of ether oxygens (including phenoxy) is 1. The van der Waals surface area contributed by atoms with Gasteiger partial charge in [0.2, 0.25) is 0 Å². The third kappa shape index (κ3) is 3.14. The number of thioether (sulfide) groups is 1. The van der Waals surface area contributed by atoms with Crippen LogP contribution >= 0.6 is 34.7 Å². The van der Waals surface area contributed by atoms with E-state index in [0.717, 1.165) is 5.52 Å². The minimum Gasteiger partial charge on any atom is -0.491 e. The first kappa shape index (κ1) is 15.4. The second-order valence-electron chi connectivity index (χ2n) is 4.52. The Bertz CT molecular complexity index is 860. The van der Waals surface area contributed by atoms with Gasteiger partial charge >= 0.3 is 0 Å². The Kier molecular flexibility index (Phi) is 4.71. The highest BCUT2D eigenvalue weighted by atomic mass is 35.5. The molecule has 0 aliphatic carbocycles. The van der Waals surface area contributed by atoms with Gasteiger partial charge < -0.3 is 4.74 Å². The topological polar surface area (TPSA) is 44.1 Å². The molecule has 1 aromatic carbocycles. The molecule has 7 heteroatoms. The van der Waals surface area contributed by atoms with E-state index >= 15 is 0 Å². The Labute approximate surface area is 140 Å². The fourth-order valence-corrected chi connectivity index (χ4v) is 3.73. The number of nitrogens with zero attached hydrogens (tertiary/aromatic N) is 2. The van der Waals surface area contributed by atoms with Gasteiger partial charge in [-0.15, -0.1) is 11.3 Å². The largest absolute Gasteiger partial charge is 0.491 e. The van der Waals surface area contributed by atoms with Crippen LogP contribution in [0, 0.1) is 0 Å². The number of fused-ring (bicyclic) bond motifs is 1. The maximum absolute atomic E-state index is 12.2. The van der Waals surface area contributed by atoms with E-state index in [0.29, 0.717) is 33.0 Å². The summed E-state index contributed by atoms with van der Waals surface area (Å²) in [6, 6.07) is 9.23. The first-order chi connectivity index (χ1) is 10.7. The van der Waals surface area contributed by atoms with E-state index in [2.05, 4.69) is 4.98 Å². The van der Waals surface area contributed by atoms with Gasteiger partial charge in [0, 0.05) is 12.8 Å². The second kappa shape index (κ2) is 6.73. The monoisotopic (exact) mass is 352 g/mol. The molecule has 3 rings (SSSR count). The molecule has 114 valence electrons. The number of hydrogen-bond donors (Lipinski definition) is 0. The van der Waals surface area contributed by atoms with Gasteiger partial charge in [0.1, 0.15) is 10.4 Å². The third-order valence-corrected chi connectivity index (χ3v) is 5.25. The molecule has 0 fully saturated rings. The molecule has 0 aliphatic rings. The predicted octanol–water partition coefficient (Wildman–Crippen LogP) is 3.82. The Hall–Kier alpha value is -1.50. The van der Waals surface area contributed by atoms with Gasteiger partial charge in [0.25, 0.3) is 5.56 Å². The van der Waals surface area contributed by atoms with E-state index in [-0.39, 0.29) is 5.56 Å². The van der Waals surface area contributed by atoms with Crippen molar-refractivity contribution in [1.82, 2.24) is 9.55 Å². The lowest BCUT2D eigenvalue weighted by Gasteiger charge is -2.09. The van der Waals surface area contributed by atoms with Gasteiger partial charge in [-0.2, -0.15) is 0 Å². The zero-order valence-corrected chi connectivity index (χ0v) is 14.2. The van der Waals surface area contributed by atoms with Crippen molar-refractivity contribution in [3.8, 4) is 5.75 Å². The molecule has 0 atom stereocenters. The Morgan fingerprint density at radius 3 is 3.00 bits per heavy atom. The number of halogens is 1. The summed E-state index contributed by atoms with van der Waals surface area (Å²) in [5, 5.41) is 3.17. The summed E-state index contributed by atoms with van der Waals surface area (Å²) in [6.45, 7) is 0.492. The summed E-state index contributed by atoms with van der Waals surface area (Å²) >= 11 is 8.94. The summed E-state index contributed by atoms with van der Waals surface area (Å²) < 4.78 is 7.91. The number of benzene rings is 1. The van der Waals surface area contributed by atoms with Crippen LogP contribution in [0.5, 0.6) is 5.75 Å². The smallest absolute Gasteiger partial charge is 0.271 e. The summed E-state index contributed by atoms with van der Waals surface area (Å²) in [5.74, 6) is 1.35. The first-order valence-electron chi connectivity index (χ1n) is 6.61. The van der Waals surface area contributed by atoms with Crippen molar-refractivity contribution in [2.45, 2.75) is 5.16 Å². The number of thiophene rings is 1. The Morgan fingerprint density at radius 1 is 1.36 bits per heavy atom. The molecule has 2 aromatic heterocycles. The van der Waals surface area contributed by atoms with E-state index in [1.54, 1.807) is 17.7 Å². The van der Waals surface area contributed by atoms with Crippen molar-refractivity contribution in [2.24, 2.45) is 7.05 Å². The lowest BCUT2D eigenvalue weighted by Crippen LogP contribution is -2.19. The first-order valence-corrected chi connectivity index (χ1v) is 8.85. The molecule has 2 heterocycles. The Morgan fingerprint density at radius 2 is 2.18 bits per heavy atom. The normalized spacial score (nSPS) is 11.0. The van der Waals surface area contributed by atoms with Gasteiger partial charge in [-0.05, 0) is 23.6 Å². The summed E-state index contributed by atoms with van der Waals surface area (Å²) in [4.78, 5) is 16.7. The minimum absolute atomic E-state index is 0.00507. The number of rotatable bonds is 5. The fourth-order valence-electron chi connectivity index (χ4n) is 1.94. The standard InChI is InChI=1S/C15H13ClN2O2S2/c1-18-14(19)13-11(6-8-21-13)17-15(18)22-9-7-20-12-5-3-2-4-10(12)16/h2-6,8H,7,9H2,1H3. The van der Waals surface area contributed by atoms with E-state index in [1.165, 1.54) is 23.1 Å². The van der Waals surface area contributed by atoms with Gasteiger partial charge in [0.05, 0.1) is 17.1 Å². The van der Waals surface area contributed by atoms with Crippen LogP contribution in [0.15, 0.2) is 45.7 Å². The summed E-state index contributed by atoms with van der Waals surface area (Å²) in [5.41, 5.74) is 0.747. The van der Waals surface area contributed by atoms with Crippen LogP contribution in [0.1, 0.15) is 0 Å². The predicted molar refractivity (Wildman–Crippen MR) is 92.5 cm³/mol. The fraction of sp³-hybridized carbons (Fsp3) is 0.200. The van der Waals surface area contributed by atoms with Crippen molar-refractivity contribution in [3.05, 3.63) is 51.1 Å². The quantitative estimate of drug-likeness (QED) is 0.398. The van der Waals surface area contributed by atoms with E-state index in [4.69, 9.17) is 16.3 Å². The lowest BCUT2D eigenvalue weighted by molar-refractivity contribution is 0.344. The molecule has 0 N–H and O–H groups in total. The zero-order valence-electron chi connectivity index (χ0n) is 11.8. The third-order valence-electron chi connectivity index (χ3n) is 3.06. The van der Waals surface area contributed by atoms with Crippen LogP contribution in [-0.4, -0.2) is 21.9 Å². The number of aromatic nitrogens is 2. The van der Waals surface area contributed by atoms with E-state index < -0.39 is 0 Å². The van der Waals surface area contributed by atoms with Crippen molar-refractivity contribution < 1.29 is 4.74 Å². The van der Waals surface area contributed by atoms with E-state index in [9.17, 15) is 4.79 Å². The second-order valence-corrected chi connectivity index (χ2v) is 6.91. The highest BCUT2D eigenvalue weighted by Gasteiger charge is 2.09. The average molecular weight is 353 g/mol. The minimum atomic E-state index is -0.00507. The van der Waals surface area contributed by atoms with Crippen molar-refractivity contribution in [2.75, 3.05) is 12.4 Å². The van der Waals surface area contributed by atoms with Crippen molar-refractivity contribution >= 4 is 44.9 Å². The van der Waals surface area contributed by atoms with Crippen LogP contribution in [-0.2, 0) is 7.05 Å². The van der Waals surface area contributed by atoms with Crippen LogP contribution in [0.3, 0.4) is 0 Å². The average Bonchev–Trinajstić information content (AvgIpc) is 2.98. The summed E-state index contributed by atoms with van der Waals surface area (Å²) in [6.07, 6.45) is 0. The van der Waals surface area contributed by atoms with Crippen molar-refractivity contribution in [1.29, 1.82) is 0 Å². The summed E-state index contributed by atoms with van der Waals surface area (Å²) in [7, 11) is 1.74. The molecule has 0 spiro atoms. The van der Waals surface area contributed by atoms with Gasteiger partial charge in [-0.25, -0.2) is 4.98 Å². The maximum Gasteiger partial charge on any atom is 0.271 e. The molecule has 0 unspecified atom stereocenters. The molecule has 0 bridgehead atoms. The highest BCUT2D eigenvalue weighted by Crippen LogP contribution is 2.24. The molecule has 4 nitrogen and oxygen atoms in total. The Balaban J connectivity index is 1.66. The van der Waals surface area contributed by atoms with Gasteiger partial charge in [-0.1, -0.05) is 35.5 Å². The van der Waals surface area contributed by atoms with Crippen LogP contribution in [0.4, 0.5) is 0 Å². The maximum atomic E-state index is 12.2. The lowest BCUT2D eigenvalue weighted by atomic mass is 10.3. The van der Waals surface area contributed by atoms with Crippen molar-refractivity contribution in [3.63, 3.8) is 0 Å². The molecule has 3 aromatic rings. The van der Waals surface area contributed by atoms with Crippen LogP contribution < -0.4 is 10.3 Å². The molecule has 22 heavy (non-hydrogen) atoms. The van der Waals surface area contributed by atoms with Crippen LogP contribution in [0.2, 0.25) is 5.02 Å². The number of hydrogen-bond acceptors (Lipinski definition) is 5. The molecule has 0 aliphatic heterocycles. The zero-order chi connectivity index (χ0) is 15.5. The van der Waals surface area contributed by atoms with Gasteiger partial charge in [0.15, 0.2) is 5.16 Å². The number of para-hydroxylation sites is 1. The van der Waals surface area contributed by atoms with Gasteiger partial charge in [-0.3, -0.25) is 9.36 Å². The molecule has 0 saturated carbocycles. The molecular weight excluding hydrogens is 340 g/mol. The van der Waals surface area contributed by atoms with E-state index in [1.807, 2.05) is 29.6 Å². The highest BCUT2D eigenvalue weighted by molar-refractivity contribution is 7.99. The SMILES string of the molecule is Cn1c(SCCOc2ccccc2Cl)nc2ccsc2c1=O. The molecule has 0 radical (unpaired) electrons. The molecule has 0 amide bonds. The molecular formula is C15H13ClN2O2S2.